The number of nitrogens with zero attached hydrogens (tertiary/aromatic N) is 2. The molecule has 0 saturated heterocycles. The Morgan fingerprint density at radius 2 is 1.29 bits per heavy atom. The standard InChI is InChI=1S/C22H22N2O4/c1-4-27-19(25)21(20(26)28-5-2)16(3)23-24-22(21,17-12-8-6-9-13-17)18-14-10-7-11-15-18/h6-15H,3-5H2,1-2H3. The van der Waals surface area contributed by atoms with Gasteiger partial charge in [0.05, 0.1) is 18.9 Å². The first kappa shape index (κ1) is 19.5. The third-order valence-electron chi connectivity index (χ3n) is 4.84. The zero-order valence-electron chi connectivity index (χ0n) is 15.9. The molecule has 2 aromatic rings. The van der Waals surface area contributed by atoms with E-state index in [1.807, 2.05) is 36.4 Å². The molecule has 0 N–H and O–H groups in total. The minimum atomic E-state index is -1.96. The molecule has 0 saturated carbocycles. The predicted octanol–water partition coefficient (Wildman–Crippen LogP) is 4.02. The van der Waals surface area contributed by atoms with Crippen LogP contribution in [-0.4, -0.2) is 25.2 Å². The van der Waals surface area contributed by atoms with Crippen molar-refractivity contribution in [1.29, 1.82) is 0 Å². The SMILES string of the molecule is C=C1N=NC(c2ccccc2)(c2ccccc2)C1(C(=O)OCC)C(=O)OCC. The first-order chi connectivity index (χ1) is 13.6. The van der Waals surface area contributed by atoms with Crippen LogP contribution in [0.25, 0.3) is 0 Å². The van der Waals surface area contributed by atoms with Crippen LogP contribution in [0.5, 0.6) is 0 Å². The Morgan fingerprint density at radius 3 is 1.68 bits per heavy atom. The number of ether oxygens (including phenoxy) is 2. The highest BCUT2D eigenvalue weighted by molar-refractivity contribution is 6.06. The lowest BCUT2D eigenvalue weighted by atomic mass is 9.62. The average molecular weight is 378 g/mol. The lowest BCUT2D eigenvalue weighted by Crippen LogP contribution is -2.55. The highest BCUT2D eigenvalue weighted by atomic mass is 16.6. The van der Waals surface area contributed by atoms with Crippen molar-refractivity contribution < 1.29 is 19.1 Å². The third kappa shape index (κ3) is 2.64. The predicted molar refractivity (Wildman–Crippen MR) is 103 cm³/mol. The first-order valence-corrected chi connectivity index (χ1v) is 9.13. The number of benzene rings is 2. The number of esters is 2. The van der Waals surface area contributed by atoms with Gasteiger partial charge < -0.3 is 9.47 Å². The van der Waals surface area contributed by atoms with Gasteiger partial charge in [-0.25, -0.2) is 0 Å². The molecule has 0 spiro atoms. The van der Waals surface area contributed by atoms with Gasteiger partial charge in [-0.05, 0) is 25.0 Å². The molecule has 0 amide bonds. The highest BCUT2D eigenvalue weighted by Gasteiger charge is 2.71. The van der Waals surface area contributed by atoms with E-state index in [1.54, 1.807) is 38.1 Å². The van der Waals surface area contributed by atoms with Crippen LogP contribution in [0.1, 0.15) is 25.0 Å². The van der Waals surface area contributed by atoms with Gasteiger partial charge in [0.1, 0.15) is 0 Å². The fourth-order valence-corrected chi connectivity index (χ4v) is 3.66. The second kappa shape index (κ2) is 7.76. The van der Waals surface area contributed by atoms with E-state index in [0.717, 1.165) is 0 Å². The van der Waals surface area contributed by atoms with Crippen molar-refractivity contribution in [2.75, 3.05) is 13.2 Å². The van der Waals surface area contributed by atoms with E-state index in [9.17, 15) is 9.59 Å². The highest BCUT2D eigenvalue weighted by Crippen LogP contribution is 2.58. The Labute approximate surface area is 163 Å². The summed E-state index contributed by atoms with van der Waals surface area (Å²) < 4.78 is 10.7. The van der Waals surface area contributed by atoms with Crippen molar-refractivity contribution in [3.05, 3.63) is 84.1 Å². The molecule has 3 rings (SSSR count). The second-order valence-electron chi connectivity index (χ2n) is 6.28. The van der Waals surface area contributed by atoms with Crippen LogP contribution in [0, 0.1) is 5.41 Å². The van der Waals surface area contributed by atoms with Gasteiger partial charge in [-0.3, -0.25) is 9.59 Å². The zero-order valence-corrected chi connectivity index (χ0v) is 15.9. The molecule has 1 aliphatic rings. The minimum Gasteiger partial charge on any atom is -0.465 e. The molecule has 0 aromatic heterocycles. The maximum atomic E-state index is 13.4. The lowest BCUT2D eigenvalue weighted by Gasteiger charge is -2.39. The van der Waals surface area contributed by atoms with Crippen LogP contribution in [0.4, 0.5) is 0 Å². The Hall–Kier alpha value is -3.28. The summed E-state index contributed by atoms with van der Waals surface area (Å²) in [6.07, 6.45) is 0. The maximum Gasteiger partial charge on any atom is 0.333 e. The van der Waals surface area contributed by atoms with E-state index in [-0.39, 0.29) is 18.9 Å². The summed E-state index contributed by atoms with van der Waals surface area (Å²) in [6, 6.07) is 18.2. The molecule has 0 atom stereocenters. The van der Waals surface area contributed by atoms with Crippen molar-refractivity contribution in [1.82, 2.24) is 0 Å². The van der Waals surface area contributed by atoms with Crippen molar-refractivity contribution in [3.8, 4) is 0 Å². The van der Waals surface area contributed by atoms with Crippen molar-refractivity contribution >= 4 is 11.9 Å². The molecule has 0 aliphatic carbocycles. The normalized spacial score (nSPS) is 16.6. The van der Waals surface area contributed by atoms with E-state index in [1.165, 1.54) is 0 Å². The quantitative estimate of drug-likeness (QED) is 0.562. The molecule has 1 aliphatic heterocycles. The number of azo groups is 1. The average Bonchev–Trinajstić information content (AvgIpc) is 3.04. The monoisotopic (exact) mass is 378 g/mol. The largest absolute Gasteiger partial charge is 0.465 e. The molecule has 28 heavy (non-hydrogen) atoms. The molecule has 6 nitrogen and oxygen atoms in total. The van der Waals surface area contributed by atoms with E-state index in [4.69, 9.17) is 9.47 Å². The van der Waals surface area contributed by atoms with Crippen molar-refractivity contribution in [2.45, 2.75) is 19.4 Å². The van der Waals surface area contributed by atoms with Gasteiger partial charge in [-0.15, -0.1) is 0 Å². The molecule has 0 radical (unpaired) electrons. The molecule has 2 aromatic carbocycles. The van der Waals surface area contributed by atoms with Gasteiger partial charge in [0.2, 0.25) is 5.41 Å². The molecule has 0 unspecified atom stereocenters. The van der Waals surface area contributed by atoms with E-state index in [0.29, 0.717) is 11.1 Å². The molecule has 6 heteroatoms. The van der Waals surface area contributed by atoms with Crippen LogP contribution in [-0.2, 0) is 24.6 Å². The smallest absolute Gasteiger partial charge is 0.333 e. The summed E-state index contributed by atoms with van der Waals surface area (Å²) in [6.45, 7) is 7.43. The van der Waals surface area contributed by atoms with Gasteiger partial charge in [-0.2, -0.15) is 10.2 Å². The fourth-order valence-electron chi connectivity index (χ4n) is 3.66. The summed E-state index contributed by atoms with van der Waals surface area (Å²) in [5.74, 6) is -1.56. The van der Waals surface area contributed by atoms with Crippen LogP contribution in [0.3, 0.4) is 0 Å². The van der Waals surface area contributed by atoms with Crippen LogP contribution in [0.15, 0.2) is 83.2 Å². The van der Waals surface area contributed by atoms with Gasteiger partial charge in [-0.1, -0.05) is 67.2 Å². The van der Waals surface area contributed by atoms with E-state index >= 15 is 0 Å². The van der Waals surface area contributed by atoms with Crippen molar-refractivity contribution in [2.24, 2.45) is 15.6 Å². The third-order valence-corrected chi connectivity index (χ3v) is 4.84. The Balaban J connectivity index is 2.41. The number of hydrogen-bond donors (Lipinski definition) is 0. The number of hydrogen-bond acceptors (Lipinski definition) is 6. The molecule has 1 heterocycles. The van der Waals surface area contributed by atoms with Gasteiger partial charge in [0, 0.05) is 0 Å². The maximum absolute atomic E-state index is 13.4. The topological polar surface area (TPSA) is 77.3 Å². The summed E-state index contributed by atoms with van der Waals surface area (Å²) in [7, 11) is 0. The van der Waals surface area contributed by atoms with Crippen LogP contribution < -0.4 is 0 Å². The fraction of sp³-hybridized carbons (Fsp3) is 0.273. The lowest BCUT2D eigenvalue weighted by molar-refractivity contribution is -0.172. The Morgan fingerprint density at radius 1 is 0.857 bits per heavy atom. The number of carbonyl (C=O) groups is 2. The van der Waals surface area contributed by atoms with Crippen molar-refractivity contribution in [3.63, 3.8) is 0 Å². The second-order valence-corrected chi connectivity index (χ2v) is 6.28. The molecule has 144 valence electrons. The van der Waals surface area contributed by atoms with E-state index < -0.39 is 22.9 Å². The van der Waals surface area contributed by atoms with Crippen LogP contribution in [0.2, 0.25) is 0 Å². The molecular formula is C22H22N2O4. The molecule has 0 fully saturated rings. The molecular weight excluding hydrogens is 356 g/mol. The molecule has 0 bridgehead atoms. The summed E-state index contributed by atoms with van der Waals surface area (Å²) in [5, 5.41) is 8.60. The van der Waals surface area contributed by atoms with Gasteiger partial charge in [0.15, 0.2) is 5.54 Å². The first-order valence-electron chi connectivity index (χ1n) is 9.13. The Bertz CT molecular complexity index is 849. The Kier molecular flexibility index (Phi) is 5.40. The summed E-state index contributed by atoms with van der Waals surface area (Å²) in [5.41, 5.74) is -2.21. The van der Waals surface area contributed by atoms with Gasteiger partial charge in [0.25, 0.3) is 0 Å². The zero-order chi connectivity index (χ0) is 20.2. The number of carbonyl (C=O) groups excluding carboxylic acids is 2. The van der Waals surface area contributed by atoms with Crippen LogP contribution >= 0.6 is 0 Å². The number of rotatable bonds is 6. The minimum absolute atomic E-state index is 0.00268. The summed E-state index contributed by atoms with van der Waals surface area (Å²) >= 11 is 0. The summed E-state index contributed by atoms with van der Waals surface area (Å²) in [4.78, 5) is 26.7. The van der Waals surface area contributed by atoms with Gasteiger partial charge >= 0.3 is 11.9 Å². The van der Waals surface area contributed by atoms with E-state index in [2.05, 4.69) is 16.8 Å².